The van der Waals surface area contributed by atoms with Crippen LogP contribution >= 0.6 is 0 Å². The van der Waals surface area contributed by atoms with Crippen molar-refractivity contribution in [3.05, 3.63) is 187 Å². The molecule has 496 valence electrons. The van der Waals surface area contributed by atoms with Crippen LogP contribution in [-0.2, 0) is 30.5 Å². The zero-order valence-electron chi connectivity index (χ0n) is 48.5. The van der Waals surface area contributed by atoms with Crippen LogP contribution in [-0.4, -0.2) is 129 Å². The van der Waals surface area contributed by atoms with Crippen molar-refractivity contribution in [2.45, 2.75) is 87.7 Å². The number of fused-ring (bicyclic) bond motifs is 2. The molecule has 6 aromatic rings. The number of rotatable bonds is 12. The van der Waals surface area contributed by atoms with Gasteiger partial charge in [0.1, 0.15) is 22.8 Å². The fourth-order valence-electron chi connectivity index (χ4n) is 6.54. The molecule has 0 aliphatic heterocycles. The van der Waals surface area contributed by atoms with Crippen LogP contribution in [0.3, 0.4) is 0 Å². The van der Waals surface area contributed by atoms with Crippen molar-refractivity contribution < 1.29 is 172 Å². The Balaban J connectivity index is -0.000000141. The molecule has 0 saturated heterocycles. The van der Waals surface area contributed by atoms with E-state index in [1.165, 1.54) is 0 Å². The van der Waals surface area contributed by atoms with E-state index in [1.54, 1.807) is 21.9 Å². The summed E-state index contributed by atoms with van der Waals surface area (Å²) in [7, 11) is 0. The average Bonchev–Trinajstić information content (AvgIpc) is 3.96. The number of hydrogen-bond donors (Lipinski definition) is 0. The molecule has 14 N–H and O–H groups in total. The molecule has 0 saturated carbocycles. The Kier molecular flexibility index (Phi) is 71.2. The van der Waals surface area contributed by atoms with E-state index >= 15 is 0 Å². The minimum absolute atomic E-state index is 0. The van der Waals surface area contributed by atoms with Crippen LogP contribution in [0.1, 0.15) is 100 Å². The van der Waals surface area contributed by atoms with E-state index in [0.29, 0.717) is 68.2 Å². The summed E-state index contributed by atoms with van der Waals surface area (Å²) in [6.45, 7) is 19.7. The van der Waals surface area contributed by atoms with Gasteiger partial charge in [0.15, 0.2) is 11.6 Å². The largest absolute Gasteiger partial charge is 3.00 e. The van der Waals surface area contributed by atoms with Gasteiger partial charge < -0.3 is 144 Å². The minimum Gasteiger partial charge on any atom is -0.457 e. The second-order valence-electron chi connectivity index (χ2n) is 14.3. The summed E-state index contributed by atoms with van der Waals surface area (Å²) in [5.41, 5.74) is 8.33. The molecule has 4 heterocycles. The summed E-state index contributed by atoms with van der Waals surface area (Å²) in [5.74, 6) is 1.35. The van der Waals surface area contributed by atoms with Gasteiger partial charge in [0.2, 0.25) is 0 Å². The Labute approximate surface area is 585 Å². The van der Waals surface area contributed by atoms with Crippen LogP contribution in [0.25, 0.3) is 45.1 Å². The number of aryl methyl sites for hydroxylation is 2. The molecule has 0 radical (unpaired) electrons. The summed E-state index contributed by atoms with van der Waals surface area (Å²) in [6.07, 6.45) is 1.97. The van der Waals surface area contributed by atoms with Gasteiger partial charge in [-0.3, -0.25) is 9.59 Å². The van der Waals surface area contributed by atoms with Crippen LogP contribution in [0.4, 0.5) is 0 Å². The second-order valence-corrected chi connectivity index (χ2v) is 14.3. The van der Waals surface area contributed by atoms with Crippen molar-refractivity contribution in [1.82, 2.24) is 38.9 Å². The maximum absolute atomic E-state index is 13.0. The van der Waals surface area contributed by atoms with E-state index < -0.39 is 30.5 Å². The first-order valence-corrected chi connectivity index (χ1v) is 23.2. The van der Waals surface area contributed by atoms with Gasteiger partial charge in [-0.15, -0.1) is 0 Å². The van der Waals surface area contributed by atoms with Crippen LogP contribution in [0.2, 0.25) is 0 Å². The number of carbonyl (C=O) groups is 2. The number of nitriles is 2. The van der Waals surface area contributed by atoms with Gasteiger partial charge in [-0.05, 0) is 108 Å². The summed E-state index contributed by atoms with van der Waals surface area (Å²) >= 11 is 0. The first-order chi connectivity index (χ1) is 38.0. The molecule has 2 amide bonds. The van der Waals surface area contributed by atoms with Gasteiger partial charge in [0, 0.05) is 52.1 Å². The van der Waals surface area contributed by atoms with E-state index in [4.69, 9.17) is 122 Å². The van der Waals surface area contributed by atoms with E-state index in [9.17, 15) is 9.59 Å². The van der Waals surface area contributed by atoms with E-state index in [1.807, 2.05) is 77.9 Å². The quantitative estimate of drug-likeness (QED) is 0.0964. The van der Waals surface area contributed by atoms with Crippen molar-refractivity contribution in [1.29, 1.82) is 10.5 Å². The average molecular weight is 1550 g/mol. The van der Waals surface area contributed by atoms with Gasteiger partial charge in [-0.1, -0.05) is 38.1 Å². The van der Waals surface area contributed by atoms with Crippen LogP contribution in [0.15, 0.2) is 72.8 Å². The van der Waals surface area contributed by atoms with Gasteiger partial charge >= 0.3 is 98.8 Å². The first kappa shape index (κ1) is 106. The number of pyridine rings is 2. The Morgan fingerprint density at radius 1 is 0.449 bits per heavy atom. The van der Waals surface area contributed by atoms with E-state index in [0.717, 1.165) is 57.9 Å². The summed E-state index contributed by atoms with van der Waals surface area (Å²) in [6, 6.07) is 27.8. The molecule has 4 aromatic heterocycles. The summed E-state index contributed by atoms with van der Waals surface area (Å²) < 4.78 is 4.30. The Bertz CT molecular complexity index is 2800. The molecule has 0 unspecified atom stereocenters. The zero-order chi connectivity index (χ0) is 62.9. The summed E-state index contributed by atoms with van der Waals surface area (Å²) in [5, 5.41) is 104. The number of imidazole rings is 2. The molecule has 0 spiro atoms. The third-order valence-corrected chi connectivity index (χ3v) is 9.48. The first-order valence-electron chi connectivity index (χ1n) is 23.2. The number of benzene rings is 2. The monoisotopic (exact) mass is 1550 g/mol. The maximum atomic E-state index is 13.0. The molecule has 0 bridgehead atoms. The third kappa shape index (κ3) is 44.8. The number of amides is 2. The molecule has 6 rings (SSSR count). The van der Waals surface area contributed by atoms with Gasteiger partial charge in [-0.25, -0.2) is 19.9 Å². The molecule has 0 aliphatic carbocycles. The predicted molar refractivity (Wildman–Crippen MR) is 313 cm³/mol. The van der Waals surface area contributed by atoms with Crippen LogP contribution in [0, 0.1) is 213 Å². The van der Waals surface area contributed by atoms with Gasteiger partial charge in [0.25, 0.3) is 11.8 Å². The number of hydrogen-bond acceptors (Lipinski definition) is 26. The molecular formula is C45H68Eu2N16O26+2. The Morgan fingerprint density at radius 3 is 0.888 bits per heavy atom. The van der Waals surface area contributed by atoms with Crippen molar-refractivity contribution >= 4 is 33.9 Å². The predicted octanol–water partition coefficient (Wildman–Crippen LogP) is 2.37. The van der Waals surface area contributed by atoms with Crippen molar-refractivity contribution in [2.75, 3.05) is 26.2 Å². The van der Waals surface area contributed by atoms with E-state index in [2.05, 4.69) is 59.4 Å². The molecule has 0 aliphatic rings. The van der Waals surface area contributed by atoms with Crippen molar-refractivity contribution in [2.24, 2.45) is 0 Å². The maximum Gasteiger partial charge on any atom is 3.00 e. The van der Waals surface area contributed by atoms with Gasteiger partial charge in [-0.2, -0.15) is 10.5 Å². The molecule has 0 fully saturated rings. The normalized spacial score (nSPS) is 8.34. The second kappa shape index (κ2) is 60.0. The fourth-order valence-corrected chi connectivity index (χ4v) is 6.54. The topological polar surface area (TPSA) is 739 Å². The molecule has 0 atom stereocenters. The van der Waals surface area contributed by atoms with E-state index in [-0.39, 0.29) is 143 Å². The molecular weight excluding hydrogens is 1480 g/mol. The Hall–Kier alpha value is -8.27. The number of nitrogens with zero attached hydrogens (tertiary/aromatic N) is 16. The molecule has 44 heteroatoms. The molecule has 2 aromatic carbocycles. The van der Waals surface area contributed by atoms with Crippen molar-refractivity contribution in [3.63, 3.8) is 0 Å². The standard InChI is InChI=1S/C39H44N8O2.2C3H5N.2Eu.6NO3.6H2O/c1-7-44(8-2)38(48)30-17-13-15-28(40-30)36-42-32-24-26(19-21-34(32)46(36)11-5)23-27-20-22-35-33(25-27)43-37(47(35)12-6)29-16-14-18-31(41-29)39(49)45(9-3)10-4;2*1-2-3-4;;;6*2-1(3)4;;;;;;/h13-22,24-25H,7-12,23H2,1-6H3;2*2H2,1H3;;;;;;;;;6*1H2/q;;;2*+3;6*-1;;;;;;/p+2. The van der Waals surface area contributed by atoms with Gasteiger partial charge in [0.05, 0.1) is 64.7 Å². The molecule has 89 heavy (non-hydrogen) atoms. The van der Waals surface area contributed by atoms with Crippen LogP contribution in [0.5, 0.6) is 0 Å². The zero-order valence-corrected chi connectivity index (χ0v) is 53.4. The molecule has 42 nitrogen and oxygen atoms in total. The van der Waals surface area contributed by atoms with Crippen molar-refractivity contribution in [3.8, 4) is 35.2 Å². The smallest absolute Gasteiger partial charge is 0.457 e. The summed E-state index contributed by atoms with van der Waals surface area (Å²) in [4.78, 5) is 98.6. The SMILES string of the molecule is CCC#N.CCC#N.CCN(CC)C(=O)c1cccc(-c2nc3cc(Cc4ccc5c(c4)nc(-c4cccc(C(=O)N(CC)CC)n4)n5CC)ccc3n2CC)n1.O.O.O.O.O=[N+]([O-])[O-].O=[N+]([O-])[O-].O=[N+]([O-])[O-].O=[N+]([O-])[O-].O=[N+]([O-])[O-].O=[N+]([O-])[O-].[Eu+3].[Eu+3].[OH3+].[OH3+]. The number of aromatic nitrogens is 6. The number of carbonyl (C=O) groups excluding carboxylic acids is 2. The minimum atomic E-state index is -1.75. The van der Waals surface area contributed by atoms with Crippen LogP contribution < -0.4 is 0 Å². The Morgan fingerprint density at radius 2 is 0.685 bits per heavy atom. The third-order valence-electron chi connectivity index (χ3n) is 9.48. The fraction of sp³-hybridized carbons (Fsp3) is 0.378.